The van der Waals surface area contributed by atoms with E-state index in [1.165, 1.54) is 4.90 Å². The van der Waals surface area contributed by atoms with Gasteiger partial charge in [-0.1, -0.05) is 12.1 Å². The van der Waals surface area contributed by atoms with E-state index in [0.717, 1.165) is 17.1 Å². The molecule has 24 heavy (non-hydrogen) atoms. The first-order valence-electron chi connectivity index (χ1n) is 7.33. The summed E-state index contributed by atoms with van der Waals surface area (Å²) in [5.41, 5.74) is 0.790. The lowest BCUT2D eigenvalue weighted by Crippen LogP contribution is -2.33. The van der Waals surface area contributed by atoms with Gasteiger partial charge in [0.2, 0.25) is 5.13 Å². The van der Waals surface area contributed by atoms with Crippen LogP contribution < -0.4 is 10.1 Å². The molecule has 1 aromatic heterocycles. The Kier molecular flexibility index (Phi) is 4.61. The molecule has 1 saturated heterocycles. The lowest BCUT2D eigenvalue weighted by atomic mass is 10.1. The maximum absolute atomic E-state index is 12.2. The van der Waals surface area contributed by atoms with Crippen molar-refractivity contribution in [2.45, 2.75) is 6.42 Å². The smallest absolute Gasteiger partial charge is 0.323 e. The Balaban J connectivity index is 1.66. The molecule has 2 amide bonds. The predicted octanol–water partition coefficient (Wildman–Crippen LogP) is 2.15. The zero-order valence-electron chi connectivity index (χ0n) is 12.9. The molecule has 1 fully saturated rings. The van der Waals surface area contributed by atoms with Crippen LogP contribution in [0.25, 0.3) is 11.4 Å². The predicted molar refractivity (Wildman–Crippen MR) is 88.2 cm³/mol. The van der Waals surface area contributed by atoms with Crippen LogP contribution in [0.15, 0.2) is 24.3 Å². The molecule has 8 nitrogen and oxygen atoms in total. The number of nitrogens with one attached hydrogen (secondary N) is 1. The van der Waals surface area contributed by atoms with Gasteiger partial charge in [-0.15, -0.1) is 0 Å². The van der Waals surface area contributed by atoms with Crippen LogP contribution in [-0.2, 0) is 4.79 Å². The number of methoxy groups -OCH3 is 1. The molecule has 0 bridgehead atoms. The van der Waals surface area contributed by atoms with Crippen LogP contribution in [0.4, 0.5) is 9.93 Å². The van der Waals surface area contributed by atoms with Crippen LogP contribution >= 0.6 is 11.5 Å². The first-order valence-corrected chi connectivity index (χ1v) is 8.11. The number of aromatic nitrogens is 2. The molecule has 0 spiro atoms. The summed E-state index contributed by atoms with van der Waals surface area (Å²) in [5, 5.41) is 12.0. The van der Waals surface area contributed by atoms with Gasteiger partial charge in [0.05, 0.1) is 13.0 Å². The Hall–Kier alpha value is -2.68. The number of ether oxygens (including phenoxy) is 1. The number of anilines is 1. The van der Waals surface area contributed by atoms with E-state index < -0.39 is 11.9 Å². The summed E-state index contributed by atoms with van der Waals surface area (Å²) in [5.74, 6) is -0.178. The number of carbonyl (C=O) groups is 2. The van der Waals surface area contributed by atoms with Crippen molar-refractivity contribution in [3.63, 3.8) is 0 Å². The quantitative estimate of drug-likeness (QED) is 0.877. The van der Waals surface area contributed by atoms with Gasteiger partial charge in [0.15, 0.2) is 5.82 Å². The molecule has 0 aliphatic carbocycles. The molecule has 0 saturated carbocycles. The summed E-state index contributed by atoms with van der Waals surface area (Å²) < 4.78 is 9.40. The number of carboxylic acid groups (broad SMARTS) is 1. The van der Waals surface area contributed by atoms with Crippen molar-refractivity contribution in [1.82, 2.24) is 14.3 Å². The fourth-order valence-corrected chi connectivity index (χ4v) is 3.05. The number of urea groups is 1. The monoisotopic (exact) mass is 348 g/mol. The second kappa shape index (κ2) is 6.83. The van der Waals surface area contributed by atoms with E-state index in [4.69, 9.17) is 9.84 Å². The highest BCUT2D eigenvalue weighted by atomic mass is 32.1. The van der Waals surface area contributed by atoms with Crippen molar-refractivity contribution in [2.75, 3.05) is 25.5 Å². The first kappa shape index (κ1) is 16.2. The van der Waals surface area contributed by atoms with Crippen molar-refractivity contribution in [3.05, 3.63) is 24.3 Å². The standard InChI is InChI=1S/C15H16N4O4S/c1-23-11-4-2-3-9(7-11)12-16-14(24-18-12)17-15(22)19-6-5-10(8-19)13(20)21/h2-4,7,10H,5-6,8H2,1H3,(H,20,21)(H,16,17,18,22)/t10-/m0/s1. The number of amides is 2. The van der Waals surface area contributed by atoms with E-state index in [9.17, 15) is 9.59 Å². The van der Waals surface area contributed by atoms with E-state index in [0.29, 0.717) is 29.7 Å². The highest BCUT2D eigenvalue weighted by molar-refractivity contribution is 7.10. The number of nitrogens with zero attached hydrogens (tertiary/aromatic N) is 3. The van der Waals surface area contributed by atoms with Gasteiger partial charge < -0.3 is 14.7 Å². The number of carbonyl (C=O) groups excluding carboxylic acids is 1. The topological polar surface area (TPSA) is 105 Å². The fraction of sp³-hybridized carbons (Fsp3) is 0.333. The molecule has 126 valence electrons. The van der Waals surface area contributed by atoms with Gasteiger partial charge in [-0.3, -0.25) is 10.1 Å². The van der Waals surface area contributed by atoms with E-state index in [2.05, 4.69) is 14.7 Å². The third kappa shape index (κ3) is 3.46. The molecule has 1 aliphatic rings. The van der Waals surface area contributed by atoms with Crippen LogP contribution in [0, 0.1) is 5.92 Å². The van der Waals surface area contributed by atoms with Gasteiger partial charge >= 0.3 is 12.0 Å². The summed E-state index contributed by atoms with van der Waals surface area (Å²) in [7, 11) is 1.58. The lowest BCUT2D eigenvalue weighted by Gasteiger charge is -2.15. The van der Waals surface area contributed by atoms with Crippen molar-refractivity contribution in [3.8, 4) is 17.1 Å². The van der Waals surface area contributed by atoms with Gasteiger partial charge in [0.25, 0.3) is 0 Å². The number of likely N-dealkylation sites (tertiary alicyclic amines) is 1. The third-order valence-corrected chi connectivity index (χ3v) is 4.42. The number of hydrogen-bond acceptors (Lipinski definition) is 6. The lowest BCUT2D eigenvalue weighted by molar-refractivity contribution is -0.141. The molecule has 1 aliphatic heterocycles. The minimum atomic E-state index is -0.874. The summed E-state index contributed by atoms with van der Waals surface area (Å²) in [6.45, 7) is 0.632. The summed E-state index contributed by atoms with van der Waals surface area (Å²) in [6, 6.07) is 6.97. The van der Waals surface area contributed by atoms with E-state index in [-0.39, 0.29) is 12.6 Å². The number of aliphatic carboxylic acids is 1. The van der Waals surface area contributed by atoms with Crippen molar-refractivity contribution >= 4 is 28.7 Å². The third-order valence-electron chi connectivity index (χ3n) is 3.79. The Bertz CT molecular complexity index is 763. The average Bonchev–Trinajstić information content (AvgIpc) is 3.24. The van der Waals surface area contributed by atoms with Crippen molar-refractivity contribution in [1.29, 1.82) is 0 Å². The van der Waals surface area contributed by atoms with Crippen molar-refractivity contribution < 1.29 is 19.4 Å². The van der Waals surface area contributed by atoms with Gasteiger partial charge in [0, 0.05) is 30.2 Å². The minimum Gasteiger partial charge on any atom is -0.497 e. The normalized spacial score (nSPS) is 16.9. The molecule has 0 unspecified atom stereocenters. The maximum atomic E-state index is 12.2. The number of hydrogen-bond donors (Lipinski definition) is 2. The molecule has 0 radical (unpaired) electrons. The second-order valence-electron chi connectivity index (χ2n) is 5.36. The molecule has 3 rings (SSSR count). The Morgan fingerprint density at radius 1 is 1.46 bits per heavy atom. The summed E-state index contributed by atoms with van der Waals surface area (Å²) in [6.07, 6.45) is 0.466. The fourth-order valence-electron chi connectivity index (χ4n) is 2.47. The SMILES string of the molecule is COc1cccc(-c2nsc(NC(=O)N3CC[C@H](C(=O)O)C3)n2)c1. The molecule has 2 N–H and O–H groups in total. The van der Waals surface area contributed by atoms with Crippen LogP contribution in [0.1, 0.15) is 6.42 Å². The Morgan fingerprint density at radius 3 is 3.00 bits per heavy atom. The number of benzene rings is 1. The van der Waals surface area contributed by atoms with E-state index in [1.54, 1.807) is 7.11 Å². The number of rotatable bonds is 4. The maximum Gasteiger partial charge on any atom is 0.323 e. The zero-order chi connectivity index (χ0) is 17.1. The van der Waals surface area contributed by atoms with Gasteiger partial charge in [-0.2, -0.15) is 9.36 Å². The highest BCUT2D eigenvalue weighted by Crippen LogP contribution is 2.25. The minimum absolute atomic E-state index is 0.211. The van der Waals surface area contributed by atoms with Crippen LogP contribution in [-0.4, -0.2) is 51.6 Å². The molecule has 1 atom stereocenters. The Morgan fingerprint density at radius 2 is 2.29 bits per heavy atom. The van der Waals surface area contributed by atoms with Crippen molar-refractivity contribution in [2.24, 2.45) is 5.92 Å². The zero-order valence-corrected chi connectivity index (χ0v) is 13.7. The first-order chi connectivity index (χ1) is 11.6. The average molecular weight is 348 g/mol. The molecule has 1 aromatic carbocycles. The van der Waals surface area contributed by atoms with Gasteiger partial charge in [0.1, 0.15) is 5.75 Å². The largest absolute Gasteiger partial charge is 0.497 e. The van der Waals surface area contributed by atoms with Gasteiger partial charge in [-0.25, -0.2) is 4.79 Å². The molecular formula is C15H16N4O4S. The summed E-state index contributed by atoms with van der Waals surface area (Å²) >= 11 is 1.08. The van der Waals surface area contributed by atoms with E-state index >= 15 is 0 Å². The van der Waals surface area contributed by atoms with E-state index in [1.807, 2.05) is 24.3 Å². The highest BCUT2D eigenvalue weighted by Gasteiger charge is 2.31. The molecule has 2 heterocycles. The second-order valence-corrected chi connectivity index (χ2v) is 6.11. The number of carboxylic acids is 1. The molecule has 2 aromatic rings. The van der Waals surface area contributed by atoms with Crippen LogP contribution in [0.3, 0.4) is 0 Å². The van der Waals surface area contributed by atoms with Crippen LogP contribution in [0.5, 0.6) is 5.75 Å². The van der Waals surface area contributed by atoms with Crippen LogP contribution in [0.2, 0.25) is 0 Å². The van der Waals surface area contributed by atoms with Gasteiger partial charge in [-0.05, 0) is 18.6 Å². The molecular weight excluding hydrogens is 332 g/mol. The summed E-state index contributed by atoms with van der Waals surface area (Å²) in [4.78, 5) is 28.9. The molecule has 9 heteroatoms. The Labute approximate surface area is 142 Å².